The van der Waals surface area contributed by atoms with Crippen molar-refractivity contribution in [1.29, 1.82) is 0 Å². The molecule has 128 valence electrons. The summed E-state index contributed by atoms with van der Waals surface area (Å²) in [5.74, 6) is -0.702. The normalized spacial score (nSPS) is 11.9. The fraction of sp³-hybridized carbons (Fsp3) is 0.438. The minimum atomic E-state index is -1.02. The van der Waals surface area contributed by atoms with E-state index >= 15 is 0 Å². The number of nitrogens with zero attached hydrogens (tertiary/aromatic N) is 3. The molecule has 2 aromatic heterocycles. The first-order valence-electron chi connectivity index (χ1n) is 7.86. The molecule has 0 aromatic carbocycles. The van der Waals surface area contributed by atoms with E-state index in [0.717, 1.165) is 12.8 Å². The molecule has 0 radical (unpaired) electrons. The van der Waals surface area contributed by atoms with Crippen LogP contribution in [0.3, 0.4) is 0 Å². The van der Waals surface area contributed by atoms with Crippen molar-refractivity contribution < 1.29 is 19.2 Å². The van der Waals surface area contributed by atoms with Crippen molar-refractivity contribution in [2.75, 3.05) is 0 Å². The Balaban J connectivity index is 1.85. The predicted molar refractivity (Wildman–Crippen MR) is 84.9 cm³/mol. The minimum Gasteiger partial charge on any atom is -0.480 e. The third-order valence-electron chi connectivity index (χ3n) is 3.41. The molecule has 0 aliphatic carbocycles. The van der Waals surface area contributed by atoms with Crippen LogP contribution in [-0.4, -0.2) is 38.1 Å². The van der Waals surface area contributed by atoms with Gasteiger partial charge in [0.1, 0.15) is 11.7 Å². The third kappa shape index (κ3) is 5.15. The van der Waals surface area contributed by atoms with Gasteiger partial charge in [-0.3, -0.25) is 9.78 Å². The Hall–Kier alpha value is -2.77. The minimum absolute atomic E-state index is 0.0831. The van der Waals surface area contributed by atoms with Crippen molar-refractivity contribution in [2.24, 2.45) is 0 Å². The third-order valence-corrected chi connectivity index (χ3v) is 3.41. The summed E-state index contributed by atoms with van der Waals surface area (Å²) in [6.07, 6.45) is 3.99. The van der Waals surface area contributed by atoms with E-state index in [-0.39, 0.29) is 18.7 Å². The number of aryl methyl sites for hydroxylation is 1. The molecule has 1 atom stereocenters. The van der Waals surface area contributed by atoms with Gasteiger partial charge in [-0.05, 0) is 18.6 Å². The number of rotatable bonds is 9. The van der Waals surface area contributed by atoms with Crippen molar-refractivity contribution in [3.8, 4) is 11.5 Å². The van der Waals surface area contributed by atoms with Crippen molar-refractivity contribution >= 4 is 11.9 Å². The molecule has 2 N–H and O–H groups in total. The van der Waals surface area contributed by atoms with Crippen LogP contribution in [-0.2, 0) is 16.0 Å². The van der Waals surface area contributed by atoms with Gasteiger partial charge in [-0.2, -0.15) is 4.98 Å². The van der Waals surface area contributed by atoms with Crippen molar-refractivity contribution in [3.05, 3.63) is 30.3 Å². The van der Waals surface area contributed by atoms with Crippen molar-refractivity contribution in [1.82, 2.24) is 20.4 Å². The topological polar surface area (TPSA) is 118 Å². The zero-order valence-corrected chi connectivity index (χ0v) is 13.4. The molecule has 0 aliphatic rings. The number of carboxylic acids is 1. The number of nitrogens with one attached hydrogen (secondary N) is 1. The van der Waals surface area contributed by atoms with Crippen LogP contribution < -0.4 is 5.32 Å². The molecule has 0 bridgehead atoms. The molecule has 8 heteroatoms. The number of carbonyl (C=O) groups is 2. The van der Waals surface area contributed by atoms with E-state index in [0.29, 0.717) is 23.8 Å². The number of aromatic nitrogens is 3. The van der Waals surface area contributed by atoms with Crippen LogP contribution in [0.4, 0.5) is 0 Å². The highest BCUT2D eigenvalue weighted by Crippen LogP contribution is 2.12. The van der Waals surface area contributed by atoms with Gasteiger partial charge in [0.05, 0.1) is 0 Å². The van der Waals surface area contributed by atoms with Gasteiger partial charge < -0.3 is 14.9 Å². The van der Waals surface area contributed by atoms with E-state index in [2.05, 4.69) is 20.4 Å². The molecule has 0 spiro atoms. The number of hydrogen-bond acceptors (Lipinski definition) is 6. The largest absolute Gasteiger partial charge is 0.480 e. The van der Waals surface area contributed by atoms with Crippen LogP contribution in [0.2, 0.25) is 0 Å². The summed E-state index contributed by atoms with van der Waals surface area (Å²) >= 11 is 0. The van der Waals surface area contributed by atoms with E-state index in [1.165, 1.54) is 0 Å². The lowest BCUT2D eigenvalue weighted by atomic mass is 10.1. The first-order chi connectivity index (χ1) is 11.6. The maximum absolute atomic E-state index is 11.9. The van der Waals surface area contributed by atoms with Crippen molar-refractivity contribution in [2.45, 2.75) is 45.1 Å². The summed E-state index contributed by atoms with van der Waals surface area (Å²) in [5, 5.41) is 15.4. The van der Waals surface area contributed by atoms with Gasteiger partial charge >= 0.3 is 5.97 Å². The maximum atomic E-state index is 11.9. The Bertz CT molecular complexity index is 672. The van der Waals surface area contributed by atoms with Crippen LogP contribution >= 0.6 is 0 Å². The number of unbranched alkanes of at least 4 members (excludes halogenated alkanes) is 1. The van der Waals surface area contributed by atoms with E-state index < -0.39 is 12.0 Å². The van der Waals surface area contributed by atoms with E-state index in [1.807, 2.05) is 13.0 Å². The molecular weight excluding hydrogens is 312 g/mol. The van der Waals surface area contributed by atoms with Crippen LogP contribution in [0.15, 0.2) is 28.9 Å². The first kappa shape index (κ1) is 17.6. The molecule has 0 fully saturated rings. The summed E-state index contributed by atoms with van der Waals surface area (Å²) in [5.41, 5.74) is 0.586. The standard InChI is InChI=1S/C16H20N4O4/c1-2-3-6-12(16(22)23)18-13(21)8-9-14-19-15(20-24-14)11-7-4-5-10-17-11/h4-5,7,10,12H,2-3,6,8-9H2,1H3,(H,18,21)(H,22,23). The Kier molecular flexibility index (Phi) is 6.41. The summed E-state index contributed by atoms with van der Waals surface area (Å²) in [7, 11) is 0. The molecule has 24 heavy (non-hydrogen) atoms. The molecule has 2 heterocycles. The molecule has 0 saturated heterocycles. The Labute approximate surface area is 139 Å². The molecule has 2 rings (SSSR count). The smallest absolute Gasteiger partial charge is 0.326 e. The van der Waals surface area contributed by atoms with E-state index in [4.69, 9.17) is 9.63 Å². The summed E-state index contributed by atoms with van der Waals surface area (Å²) in [6, 6.07) is 4.50. The maximum Gasteiger partial charge on any atom is 0.326 e. The Morgan fingerprint density at radius 3 is 2.88 bits per heavy atom. The monoisotopic (exact) mass is 332 g/mol. The molecule has 0 aliphatic heterocycles. The van der Waals surface area contributed by atoms with E-state index in [1.54, 1.807) is 18.3 Å². The molecule has 2 aromatic rings. The number of aliphatic carboxylic acids is 1. The number of pyridine rings is 1. The number of hydrogen-bond donors (Lipinski definition) is 2. The number of amides is 1. The summed E-state index contributed by atoms with van der Waals surface area (Å²) < 4.78 is 5.09. The molecule has 1 amide bonds. The fourth-order valence-corrected chi connectivity index (χ4v) is 2.11. The zero-order chi connectivity index (χ0) is 17.4. The SMILES string of the molecule is CCCCC(NC(=O)CCc1nc(-c2ccccn2)no1)C(=O)O. The van der Waals surface area contributed by atoms with Gasteiger partial charge in [0.15, 0.2) is 0 Å². The average Bonchev–Trinajstić information content (AvgIpc) is 3.06. The van der Waals surface area contributed by atoms with Crippen LogP contribution in [0.25, 0.3) is 11.5 Å². The molecule has 1 unspecified atom stereocenters. The predicted octanol–water partition coefficient (Wildman–Crippen LogP) is 1.82. The fourth-order valence-electron chi connectivity index (χ4n) is 2.11. The molecule has 8 nitrogen and oxygen atoms in total. The highest BCUT2D eigenvalue weighted by molar-refractivity contribution is 5.83. The van der Waals surface area contributed by atoms with Gasteiger partial charge in [-0.15, -0.1) is 0 Å². The second-order valence-corrected chi connectivity index (χ2v) is 5.33. The highest BCUT2D eigenvalue weighted by Gasteiger charge is 2.19. The van der Waals surface area contributed by atoms with Crippen LogP contribution in [0.5, 0.6) is 0 Å². The van der Waals surface area contributed by atoms with Gasteiger partial charge in [0, 0.05) is 19.0 Å². The second kappa shape index (κ2) is 8.76. The summed E-state index contributed by atoms with van der Waals surface area (Å²) in [4.78, 5) is 31.3. The van der Waals surface area contributed by atoms with E-state index in [9.17, 15) is 9.59 Å². The van der Waals surface area contributed by atoms with Crippen LogP contribution in [0.1, 0.15) is 38.5 Å². The van der Waals surface area contributed by atoms with Crippen LogP contribution in [0, 0.1) is 0 Å². The van der Waals surface area contributed by atoms with Gasteiger partial charge in [-0.25, -0.2) is 4.79 Å². The highest BCUT2D eigenvalue weighted by atomic mass is 16.5. The lowest BCUT2D eigenvalue weighted by Crippen LogP contribution is -2.40. The van der Waals surface area contributed by atoms with Gasteiger partial charge in [0.2, 0.25) is 17.6 Å². The van der Waals surface area contributed by atoms with Gasteiger partial charge in [-0.1, -0.05) is 31.0 Å². The number of carbonyl (C=O) groups excluding carboxylic acids is 1. The van der Waals surface area contributed by atoms with Gasteiger partial charge in [0.25, 0.3) is 0 Å². The lowest BCUT2D eigenvalue weighted by molar-refractivity contribution is -0.142. The summed E-state index contributed by atoms with van der Waals surface area (Å²) in [6.45, 7) is 1.97. The molecule has 0 saturated carbocycles. The van der Waals surface area contributed by atoms with Crippen molar-refractivity contribution in [3.63, 3.8) is 0 Å². The Morgan fingerprint density at radius 1 is 1.38 bits per heavy atom. The lowest BCUT2D eigenvalue weighted by Gasteiger charge is -2.13. The quantitative estimate of drug-likeness (QED) is 0.719. The average molecular weight is 332 g/mol. The number of carboxylic acid groups (broad SMARTS) is 1. The molecular formula is C16H20N4O4. The zero-order valence-electron chi connectivity index (χ0n) is 13.4. The first-order valence-corrected chi connectivity index (χ1v) is 7.86. The second-order valence-electron chi connectivity index (χ2n) is 5.33. The Morgan fingerprint density at radius 2 is 2.21 bits per heavy atom.